The summed E-state index contributed by atoms with van der Waals surface area (Å²) in [5.74, 6) is 2.42. The summed E-state index contributed by atoms with van der Waals surface area (Å²) in [6.45, 7) is 12.0. The molecule has 4 heterocycles. The monoisotopic (exact) mass is 566 g/mol. The maximum Gasteiger partial charge on any atom is 0.114 e. The van der Waals surface area contributed by atoms with Gasteiger partial charge < -0.3 is 25.3 Å². The Morgan fingerprint density at radius 2 is 2.07 bits per heavy atom. The van der Waals surface area contributed by atoms with Crippen molar-refractivity contribution in [2.24, 2.45) is 17.6 Å². The van der Waals surface area contributed by atoms with E-state index in [4.69, 9.17) is 15.5 Å². The first-order valence-electron chi connectivity index (χ1n) is 15.8. The van der Waals surface area contributed by atoms with E-state index in [0.717, 1.165) is 77.3 Å². The third-order valence-corrected chi connectivity index (χ3v) is 9.36. The molecule has 2 fully saturated rings. The Kier molecular flexibility index (Phi) is 10.3. The van der Waals surface area contributed by atoms with Crippen LogP contribution < -0.4 is 16.4 Å². The van der Waals surface area contributed by atoms with Crippen LogP contribution in [0.4, 0.5) is 0 Å². The Labute approximate surface area is 248 Å². The quantitative estimate of drug-likeness (QED) is 0.229. The average Bonchev–Trinajstić information content (AvgIpc) is 3.63. The highest BCUT2D eigenvalue weighted by atomic mass is 16.5. The lowest BCUT2D eigenvalue weighted by molar-refractivity contribution is 0.0474. The van der Waals surface area contributed by atoms with Crippen LogP contribution in [-0.4, -0.2) is 77.9 Å². The molecular weight excluding hydrogens is 512 g/mol. The maximum atomic E-state index is 5.88. The van der Waals surface area contributed by atoms with Crippen molar-refractivity contribution in [2.45, 2.75) is 77.2 Å². The number of likely N-dealkylation sites (N-methyl/N-ethyl adjacent to an activating group) is 1. The van der Waals surface area contributed by atoms with Crippen LogP contribution in [0.1, 0.15) is 75.5 Å². The Balaban J connectivity index is 0.000000282. The van der Waals surface area contributed by atoms with Crippen LogP contribution in [0.25, 0.3) is 0 Å². The highest BCUT2D eigenvalue weighted by Crippen LogP contribution is 2.56. The van der Waals surface area contributed by atoms with E-state index in [9.17, 15) is 0 Å². The lowest BCUT2D eigenvalue weighted by Crippen LogP contribution is -2.52. The molecule has 9 nitrogen and oxygen atoms in total. The third-order valence-electron chi connectivity index (χ3n) is 9.36. The van der Waals surface area contributed by atoms with E-state index in [2.05, 4.69) is 69.1 Å². The molecule has 0 radical (unpaired) electrons. The van der Waals surface area contributed by atoms with E-state index >= 15 is 0 Å². The summed E-state index contributed by atoms with van der Waals surface area (Å²) in [7, 11) is 4.24. The van der Waals surface area contributed by atoms with Gasteiger partial charge in [0, 0.05) is 65.3 Å². The van der Waals surface area contributed by atoms with Gasteiger partial charge in [0.25, 0.3) is 0 Å². The van der Waals surface area contributed by atoms with Crippen molar-refractivity contribution in [2.75, 3.05) is 53.6 Å². The van der Waals surface area contributed by atoms with Crippen LogP contribution in [0, 0.1) is 11.8 Å². The summed E-state index contributed by atoms with van der Waals surface area (Å²) >= 11 is 0. The average molecular weight is 567 g/mol. The SMILES string of the molecule is CCC(C)COCNCc1c(CNC)nc2n1C1(N3CCN(C)CC3)CC1C=CC2.N[C@H]1CCCc2cccnc21.[HH]. The van der Waals surface area contributed by atoms with Crippen LogP contribution in [0.3, 0.4) is 0 Å². The zero-order valence-electron chi connectivity index (χ0n) is 25.7. The van der Waals surface area contributed by atoms with Crippen LogP contribution in [-0.2, 0) is 36.3 Å². The molecular formula is C32H54N8O. The van der Waals surface area contributed by atoms with Crippen molar-refractivity contribution in [1.82, 2.24) is 35.0 Å². The van der Waals surface area contributed by atoms with Gasteiger partial charge in [-0.2, -0.15) is 0 Å². The number of rotatable bonds is 10. The van der Waals surface area contributed by atoms with Crippen molar-refractivity contribution in [3.63, 3.8) is 0 Å². The van der Waals surface area contributed by atoms with Crippen molar-refractivity contribution < 1.29 is 6.16 Å². The molecule has 2 aliphatic heterocycles. The summed E-state index contributed by atoms with van der Waals surface area (Å²) < 4.78 is 8.47. The fourth-order valence-corrected chi connectivity index (χ4v) is 6.68. The van der Waals surface area contributed by atoms with E-state index in [1.165, 1.54) is 35.6 Å². The number of pyridine rings is 1. The van der Waals surface area contributed by atoms with Crippen LogP contribution in [0.5, 0.6) is 0 Å². The topological polar surface area (TPSA) is 96.5 Å². The van der Waals surface area contributed by atoms with Crippen molar-refractivity contribution in [1.29, 1.82) is 0 Å². The van der Waals surface area contributed by atoms with Gasteiger partial charge in [-0.05, 0) is 57.3 Å². The molecule has 2 aromatic rings. The molecule has 4 aliphatic rings. The molecule has 0 aromatic carbocycles. The third kappa shape index (κ3) is 6.76. The first-order valence-corrected chi connectivity index (χ1v) is 15.8. The fourth-order valence-electron chi connectivity index (χ4n) is 6.68. The minimum Gasteiger partial charge on any atom is -0.366 e. The molecule has 41 heavy (non-hydrogen) atoms. The maximum absolute atomic E-state index is 5.88. The standard InChI is InChI=1S/C23H40N6O.C9H12N2.H2/c1-5-18(2)16-30-17-25-15-21-20(14-24-3)26-22-8-6-7-19-13-23(19,29(21)22)28-11-9-27(4)10-12-28;10-8-5-1-3-7-4-2-6-11-9(7)8;/h6-7,18-19,24-25H,5,8-17H2,1-4H3;2,4,6,8H,1,3,5,10H2;1H/t;8-;/m.0./s1. The highest BCUT2D eigenvalue weighted by Gasteiger charge is 2.60. The first kappa shape index (κ1) is 30.3. The number of allylic oxidation sites excluding steroid dienone is 1. The number of nitrogens with zero attached hydrogens (tertiary/aromatic N) is 5. The molecule has 6 rings (SSSR count). The number of nitrogens with one attached hydrogen (secondary N) is 2. The highest BCUT2D eigenvalue weighted by molar-refractivity contribution is 5.30. The van der Waals surface area contributed by atoms with Crippen LogP contribution in [0.2, 0.25) is 0 Å². The predicted octanol–water partition coefficient (Wildman–Crippen LogP) is 3.41. The molecule has 4 N–H and O–H groups in total. The number of aromatic nitrogens is 3. The van der Waals surface area contributed by atoms with Gasteiger partial charge in [-0.15, -0.1) is 0 Å². The minimum absolute atomic E-state index is 0. The molecule has 228 valence electrons. The first-order chi connectivity index (χ1) is 20.0. The minimum atomic E-state index is 0. The van der Waals surface area contributed by atoms with E-state index in [1.807, 2.05) is 19.3 Å². The van der Waals surface area contributed by atoms with Crippen molar-refractivity contribution in [3.05, 3.63) is 59.0 Å². The zero-order valence-corrected chi connectivity index (χ0v) is 25.7. The molecule has 9 heteroatoms. The summed E-state index contributed by atoms with van der Waals surface area (Å²) in [5.41, 5.74) is 10.9. The van der Waals surface area contributed by atoms with Crippen molar-refractivity contribution >= 4 is 0 Å². The van der Waals surface area contributed by atoms with Gasteiger partial charge in [-0.3, -0.25) is 15.2 Å². The number of nitrogens with two attached hydrogens (primary N) is 1. The Hall–Kier alpha value is -2.14. The summed E-state index contributed by atoms with van der Waals surface area (Å²) in [5, 5.41) is 6.87. The molecule has 0 amide bonds. The van der Waals surface area contributed by atoms with Gasteiger partial charge >= 0.3 is 0 Å². The van der Waals surface area contributed by atoms with Crippen LogP contribution >= 0.6 is 0 Å². The lowest BCUT2D eigenvalue weighted by Gasteiger charge is -2.40. The van der Waals surface area contributed by atoms with Gasteiger partial charge in [-0.25, -0.2) is 4.98 Å². The molecule has 0 spiro atoms. The van der Waals surface area contributed by atoms with E-state index in [-0.39, 0.29) is 13.1 Å². The lowest BCUT2D eigenvalue weighted by atomic mass is 9.93. The van der Waals surface area contributed by atoms with Gasteiger partial charge in [0.15, 0.2) is 0 Å². The number of hydrogen-bond acceptors (Lipinski definition) is 8. The smallest absolute Gasteiger partial charge is 0.114 e. The van der Waals surface area contributed by atoms with Gasteiger partial charge in [0.05, 0.1) is 30.4 Å². The van der Waals surface area contributed by atoms with E-state index < -0.39 is 0 Å². The largest absolute Gasteiger partial charge is 0.366 e. The fraction of sp³-hybridized carbons (Fsp3) is 0.688. The van der Waals surface area contributed by atoms with Crippen LogP contribution in [0.15, 0.2) is 30.5 Å². The summed E-state index contributed by atoms with van der Waals surface area (Å²) in [4.78, 5) is 14.5. The summed E-state index contributed by atoms with van der Waals surface area (Å²) in [6, 6.07) is 4.29. The molecule has 3 unspecified atom stereocenters. The Morgan fingerprint density at radius 1 is 1.24 bits per heavy atom. The zero-order chi connectivity index (χ0) is 28.8. The van der Waals surface area contributed by atoms with Gasteiger partial charge in [0.2, 0.25) is 0 Å². The van der Waals surface area contributed by atoms with Crippen molar-refractivity contribution in [3.8, 4) is 0 Å². The Bertz CT molecular complexity index is 1160. The molecule has 1 saturated heterocycles. The predicted molar refractivity (Wildman–Crippen MR) is 166 cm³/mol. The second-order valence-electron chi connectivity index (χ2n) is 12.4. The number of ether oxygens (including phenoxy) is 1. The second-order valence-corrected chi connectivity index (χ2v) is 12.4. The number of imidazole rings is 1. The number of piperazine rings is 1. The number of aryl methyl sites for hydroxylation is 1. The number of fused-ring (bicyclic) bond motifs is 4. The summed E-state index contributed by atoms with van der Waals surface area (Å²) in [6.07, 6.45) is 13.3. The van der Waals surface area contributed by atoms with Gasteiger partial charge in [0.1, 0.15) is 11.5 Å². The molecule has 1 saturated carbocycles. The Morgan fingerprint density at radius 3 is 2.83 bits per heavy atom. The number of hydrogen-bond donors (Lipinski definition) is 3. The second kappa shape index (κ2) is 13.9. The van der Waals surface area contributed by atoms with E-state index in [1.54, 1.807) is 0 Å². The molecule has 4 atom stereocenters. The van der Waals surface area contributed by atoms with Gasteiger partial charge in [-0.1, -0.05) is 38.5 Å². The molecule has 0 bridgehead atoms. The normalized spacial score (nSPS) is 26.3. The molecule has 2 aliphatic carbocycles. The molecule has 2 aromatic heterocycles. The van der Waals surface area contributed by atoms with E-state index in [0.29, 0.717) is 18.6 Å².